The van der Waals surface area contributed by atoms with E-state index in [1.807, 2.05) is 0 Å². The summed E-state index contributed by atoms with van der Waals surface area (Å²) in [5.41, 5.74) is 10.4. The number of rotatable bonds is 6. The SMILES string of the molecule is COc1ccc(C(c2ccc(OC)cc2)(C2C=CC=C2)C2c3ccc(C(C)(C)C)cc3-c3cc(C(C)(C)C)ccc32)cc1. The number of ether oxygens (including phenoxy) is 2. The predicted octanol–water partition coefficient (Wildman–Crippen LogP) is 10.1. The van der Waals surface area contributed by atoms with Gasteiger partial charge in [0.05, 0.1) is 14.2 Å². The second-order valence-corrected chi connectivity index (χ2v) is 14.2. The summed E-state index contributed by atoms with van der Waals surface area (Å²) in [4.78, 5) is 0. The Morgan fingerprint density at radius 2 is 0.860 bits per heavy atom. The van der Waals surface area contributed by atoms with Gasteiger partial charge in [-0.3, -0.25) is 0 Å². The smallest absolute Gasteiger partial charge is 0.118 e. The molecular weight excluding hydrogens is 524 g/mol. The number of allylic oxidation sites excluding steroid dienone is 4. The molecule has 0 bridgehead atoms. The highest BCUT2D eigenvalue weighted by Gasteiger charge is 2.51. The molecule has 0 N–H and O–H groups in total. The van der Waals surface area contributed by atoms with Crippen molar-refractivity contribution < 1.29 is 9.47 Å². The largest absolute Gasteiger partial charge is 0.497 e. The standard InChI is InChI=1S/C41H44O2/c1-39(2,3)30-17-23-34-36(25-30)37-26-31(40(4,5)6)18-24-35(37)38(34)41(27-11-9-10-12-27,28-13-19-32(42-7)20-14-28)29-15-21-33(43-8)22-16-29/h9-27,38H,1-8H3. The molecule has 0 atom stereocenters. The van der Waals surface area contributed by atoms with Crippen molar-refractivity contribution in [3.63, 3.8) is 0 Å². The van der Waals surface area contributed by atoms with Gasteiger partial charge in [-0.05, 0) is 79.6 Å². The zero-order valence-electron chi connectivity index (χ0n) is 26.9. The monoisotopic (exact) mass is 568 g/mol. The maximum absolute atomic E-state index is 5.63. The number of hydrogen-bond donors (Lipinski definition) is 0. The number of fused-ring (bicyclic) bond motifs is 3. The van der Waals surface area contributed by atoms with Gasteiger partial charge in [0, 0.05) is 17.3 Å². The highest BCUT2D eigenvalue weighted by molar-refractivity contribution is 5.82. The average Bonchev–Trinajstić information content (AvgIpc) is 3.65. The van der Waals surface area contributed by atoms with Crippen LogP contribution in [-0.4, -0.2) is 14.2 Å². The lowest BCUT2D eigenvalue weighted by atomic mass is 9.56. The van der Waals surface area contributed by atoms with Crippen molar-refractivity contribution in [2.24, 2.45) is 5.92 Å². The fourth-order valence-corrected chi connectivity index (χ4v) is 7.22. The highest BCUT2D eigenvalue weighted by atomic mass is 16.5. The van der Waals surface area contributed by atoms with Gasteiger partial charge in [-0.25, -0.2) is 0 Å². The van der Waals surface area contributed by atoms with Crippen molar-refractivity contribution in [1.29, 1.82) is 0 Å². The van der Waals surface area contributed by atoms with E-state index < -0.39 is 5.41 Å². The first-order valence-electron chi connectivity index (χ1n) is 15.4. The Kier molecular flexibility index (Phi) is 7.16. The molecule has 0 aromatic heterocycles. The Bertz CT molecular complexity index is 1570. The van der Waals surface area contributed by atoms with E-state index in [1.54, 1.807) is 14.2 Å². The van der Waals surface area contributed by atoms with E-state index in [-0.39, 0.29) is 22.7 Å². The summed E-state index contributed by atoms with van der Waals surface area (Å²) in [7, 11) is 3.47. The summed E-state index contributed by atoms with van der Waals surface area (Å²) < 4.78 is 11.3. The average molecular weight is 569 g/mol. The molecule has 0 amide bonds. The summed E-state index contributed by atoms with van der Waals surface area (Å²) in [5, 5.41) is 0. The van der Waals surface area contributed by atoms with E-state index in [0.29, 0.717) is 0 Å². The molecule has 0 fully saturated rings. The van der Waals surface area contributed by atoms with Gasteiger partial charge in [-0.15, -0.1) is 0 Å². The van der Waals surface area contributed by atoms with Crippen LogP contribution in [0.2, 0.25) is 0 Å². The van der Waals surface area contributed by atoms with Crippen LogP contribution in [0.5, 0.6) is 11.5 Å². The minimum Gasteiger partial charge on any atom is -0.497 e. The Balaban J connectivity index is 1.73. The van der Waals surface area contributed by atoms with Gasteiger partial charge >= 0.3 is 0 Å². The summed E-state index contributed by atoms with van der Waals surface area (Å²) in [5.74, 6) is 1.95. The molecule has 2 nitrogen and oxygen atoms in total. The van der Waals surface area contributed by atoms with Gasteiger partial charge in [-0.2, -0.15) is 0 Å². The Morgan fingerprint density at radius 3 is 1.21 bits per heavy atom. The fraction of sp³-hybridized carbons (Fsp3) is 0.317. The molecule has 4 aromatic rings. The second-order valence-electron chi connectivity index (χ2n) is 14.2. The highest BCUT2D eigenvalue weighted by Crippen LogP contribution is 2.61. The normalized spacial score (nSPS) is 15.1. The predicted molar refractivity (Wildman–Crippen MR) is 180 cm³/mol. The number of benzene rings is 4. The third-order valence-corrected chi connectivity index (χ3v) is 9.62. The van der Waals surface area contributed by atoms with Crippen molar-refractivity contribution in [3.8, 4) is 22.6 Å². The van der Waals surface area contributed by atoms with Crippen LogP contribution in [-0.2, 0) is 16.2 Å². The molecule has 0 aliphatic heterocycles. The molecule has 0 radical (unpaired) electrons. The van der Waals surface area contributed by atoms with E-state index in [2.05, 4.69) is 151 Å². The van der Waals surface area contributed by atoms with Gasteiger partial charge in [-0.1, -0.05) is 127 Å². The summed E-state index contributed by atoms with van der Waals surface area (Å²) in [6.45, 7) is 13.8. The first-order valence-corrected chi connectivity index (χ1v) is 15.4. The van der Waals surface area contributed by atoms with Gasteiger partial charge in [0.15, 0.2) is 0 Å². The molecule has 43 heavy (non-hydrogen) atoms. The van der Waals surface area contributed by atoms with Gasteiger partial charge < -0.3 is 9.47 Å². The molecule has 2 heteroatoms. The van der Waals surface area contributed by atoms with E-state index in [4.69, 9.17) is 9.47 Å². The Labute approximate surface area is 258 Å². The van der Waals surface area contributed by atoms with Gasteiger partial charge in [0.2, 0.25) is 0 Å². The van der Waals surface area contributed by atoms with Crippen molar-refractivity contribution in [1.82, 2.24) is 0 Å². The molecule has 2 aliphatic carbocycles. The molecule has 0 heterocycles. The van der Waals surface area contributed by atoms with Crippen LogP contribution in [0.1, 0.15) is 80.8 Å². The molecule has 0 saturated carbocycles. The van der Waals surface area contributed by atoms with Crippen molar-refractivity contribution in [2.45, 2.75) is 63.7 Å². The number of methoxy groups -OCH3 is 2. The molecule has 0 saturated heterocycles. The lowest BCUT2D eigenvalue weighted by Crippen LogP contribution is -2.40. The maximum Gasteiger partial charge on any atom is 0.118 e. The summed E-state index contributed by atoms with van der Waals surface area (Å²) >= 11 is 0. The topological polar surface area (TPSA) is 18.5 Å². The van der Waals surface area contributed by atoms with E-state index in [1.165, 1.54) is 44.5 Å². The Morgan fingerprint density at radius 1 is 0.488 bits per heavy atom. The van der Waals surface area contributed by atoms with Crippen LogP contribution >= 0.6 is 0 Å². The van der Waals surface area contributed by atoms with E-state index >= 15 is 0 Å². The third-order valence-electron chi connectivity index (χ3n) is 9.62. The van der Waals surface area contributed by atoms with Gasteiger partial charge in [0.25, 0.3) is 0 Å². The summed E-state index contributed by atoms with van der Waals surface area (Å²) in [6, 6.07) is 32.0. The van der Waals surface area contributed by atoms with E-state index in [9.17, 15) is 0 Å². The van der Waals surface area contributed by atoms with Crippen LogP contribution in [0.4, 0.5) is 0 Å². The van der Waals surface area contributed by atoms with Gasteiger partial charge in [0.1, 0.15) is 11.5 Å². The minimum atomic E-state index is -0.422. The molecule has 2 aliphatic rings. The van der Waals surface area contributed by atoms with Crippen LogP contribution < -0.4 is 9.47 Å². The van der Waals surface area contributed by atoms with Crippen molar-refractivity contribution >= 4 is 0 Å². The van der Waals surface area contributed by atoms with Crippen LogP contribution in [0.3, 0.4) is 0 Å². The quantitative estimate of drug-likeness (QED) is 0.230. The van der Waals surface area contributed by atoms with Crippen LogP contribution in [0.25, 0.3) is 11.1 Å². The Hall–Kier alpha value is -4.04. The first kappa shape index (κ1) is 29.1. The second kappa shape index (κ2) is 10.6. The van der Waals surface area contributed by atoms with E-state index in [0.717, 1.165) is 11.5 Å². The molecule has 0 spiro atoms. The third kappa shape index (κ3) is 4.82. The molecular formula is C41H44O2. The van der Waals surface area contributed by atoms with Crippen molar-refractivity contribution in [3.05, 3.63) is 143 Å². The number of hydrogen-bond acceptors (Lipinski definition) is 2. The summed E-state index contributed by atoms with van der Waals surface area (Å²) in [6.07, 6.45) is 9.15. The lowest BCUT2D eigenvalue weighted by molar-refractivity contribution is 0.389. The molecule has 6 rings (SSSR count). The maximum atomic E-state index is 5.63. The fourth-order valence-electron chi connectivity index (χ4n) is 7.22. The zero-order valence-corrected chi connectivity index (χ0v) is 26.9. The molecule has 0 unspecified atom stereocenters. The lowest BCUT2D eigenvalue weighted by Gasteiger charge is -2.45. The van der Waals surface area contributed by atoms with Crippen molar-refractivity contribution in [2.75, 3.05) is 14.2 Å². The first-order chi connectivity index (χ1) is 20.5. The zero-order chi connectivity index (χ0) is 30.6. The molecule has 220 valence electrons. The van der Waals surface area contributed by atoms with Crippen LogP contribution in [0.15, 0.2) is 109 Å². The molecule has 4 aromatic carbocycles. The van der Waals surface area contributed by atoms with Crippen LogP contribution in [0, 0.1) is 5.92 Å². The minimum absolute atomic E-state index is 0.0505.